The number of thioether (sulfide) groups is 1. The Hall–Kier alpha value is -1.04. The number of carbonyl (C=O) groups is 1. The van der Waals surface area contributed by atoms with E-state index in [1.807, 2.05) is 13.8 Å². The fourth-order valence-electron chi connectivity index (χ4n) is 0.879. The van der Waals surface area contributed by atoms with Crippen LogP contribution in [0.5, 0.6) is 0 Å². The van der Waals surface area contributed by atoms with Crippen molar-refractivity contribution >= 4 is 17.7 Å². The van der Waals surface area contributed by atoms with Gasteiger partial charge in [0.1, 0.15) is 5.82 Å². The molecule has 0 aliphatic rings. The topological polar surface area (TPSA) is 70.7 Å². The first-order chi connectivity index (χ1) is 6.76. The van der Waals surface area contributed by atoms with Gasteiger partial charge in [0.25, 0.3) is 0 Å². The molecule has 6 heteroatoms. The van der Waals surface area contributed by atoms with Gasteiger partial charge in [-0.3, -0.25) is 9.89 Å². The van der Waals surface area contributed by atoms with Crippen LogP contribution in [0.25, 0.3) is 0 Å². The minimum Gasteiger partial charge on any atom is -0.356 e. The third-order valence-corrected chi connectivity index (χ3v) is 2.40. The van der Waals surface area contributed by atoms with E-state index in [1.54, 1.807) is 0 Å². The molecule has 0 spiro atoms. The predicted octanol–water partition coefficient (Wildman–Crippen LogP) is 0.595. The summed E-state index contributed by atoms with van der Waals surface area (Å²) < 4.78 is 0. The molecular formula is C8H14N4OS. The van der Waals surface area contributed by atoms with Crippen molar-refractivity contribution < 1.29 is 4.79 Å². The number of nitrogens with zero attached hydrogens (tertiary/aromatic N) is 2. The van der Waals surface area contributed by atoms with E-state index in [0.29, 0.717) is 17.5 Å². The largest absolute Gasteiger partial charge is 0.356 e. The van der Waals surface area contributed by atoms with Gasteiger partial charge in [-0.05, 0) is 6.92 Å². The quantitative estimate of drug-likeness (QED) is 0.704. The minimum atomic E-state index is 0.0142. The molecule has 2 N–H and O–H groups in total. The lowest BCUT2D eigenvalue weighted by molar-refractivity contribution is -0.118. The van der Waals surface area contributed by atoms with Crippen molar-refractivity contribution in [3.05, 3.63) is 5.82 Å². The van der Waals surface area contributed by atoms with Gasteiger partial charge in [-0.1, -0.05) is 18.7 Å². The van der Waals surface area contributed by atoms with Gasteiger partial charge in [0, 0.05) is 13.0 Å². The number of amides is 1. The fourth-order valence-corrected chi connectivity index (χ4v) is 1.53. The van der Waals surface area contributed by atoms with Crippen molar-refractivity contribution in [2.24, 2.45) is 0 Å². The highest BCUT2D eigenvalue weighted by Crippen LogP contribution is 2.11. The minimum absolute atomic E-state index is 0.0142. The lowest BCUT2D eigenvalue weighted by Gasteiger charge is -1.98. The lowest BCUT2D eigenvalue weighted by atomic mass is 10.5. The van der Waals surface area contributed by atoms with E-state index in [9.17, 15) is 4.79 Å². The van der Waals surface area contributed by atoms with Crippen LogP contribution in [0, 0.1) is 0 Å². The molecule has 0 atom stereocenters. The second kappa shape index (κ2) is 5.64. The van der Waals surface area contributed by atoms with E-state index < -0.39 is 0 Å². The highest BCUT2D eigenvalue weighted by atomic mass is 32.2. The fraction of sp³-hybridized carbons (Fsp3) is 0.625. The SMILES string of the molecule is CCNC(=O)CSc1n[nH]c(CC)n1. The van der Waals surface area contributed by atoms with Crippen LogP contribution >= 0.6 is 11.8 Å². The normalized spacial score (nSPS) is 10.1. The summed E-state index contributed by atoms with van der Waals surface area (Å²) in [5, 5.41) is 10.1. The maximum absolute atomic E-state index is 11.1. The van der Waals surface area contributed by atoms with Crippen LogP contribution in [0.1, 0.15) is 19.7 Å². The van der Waals surface area contributed by atoms with Gasteiger partial charge >= 0.3 is 0 Å². The highest BCUT2D eigenvalue weighted by Gasteiger charge is 2.05. The average molecular weight is 214 g/mol. The summed E-state index contributed by atoms with van der Waals surface area (Å²) in [5.41, 5.74) is 0. The number of hydrogen-bond acceptors (Lipinski definition) is 4. The Morgan fingerprint density at radius 1 is 1.57 bits per heavy atom. The lowest BCUT2D eigenvalue weighted by Crippen LogP contribution is -2.24. The Kier molecular flexibility index (Phi) is 4.45. The second-order valence-electron chi connectivity index (χ2n) is 2.66. The number of rotatable bonds is 5. The predicted molar refractivity (Wildman–Crippen MR) is 55.2 cm³/mol. The molecule has 0 aromatic carbocycles. The first-order valence-electron chi connectivity index (χ1n) is 4.57. The Morgan fingerprint density at radius 2 is 2.36 bits per heavy atom. The molecule has 1 amide bonds. The molecule has 0 saturated carbocycles. The molecule has 0 unspecified atom stereocenters. The molecule has 0 aliphatic carbocycles. The molecule has 0 saturated heterocycles. The van der Waals surface area contributed by atoms with Crippen LogP contribution in [0.4, 0.5) is 0 Å². The van der Waals surface area contributed by atoms with Crippen molar-refractivity contribution in [1.82, 2.24) is 20.5 Å². The summed E-state index contributed by atoms with van der Waals surface area (Å²) in [7, 11) is 0. The molecule has 5 nitrogen and oxygen atoms in total. The molecular weight excluding hydrogens is 200 g/mol. The van der Waals surface area contributed by atoms with Gasteiger partial charge in [0.05, 0.1) is 5.75 Å². The third kappa shape index (κ3) is 3.37. The molecule has 0 fully saturated rings. The monoisotopic (exact) mass is 214 g/mol. The zero-order chi connectivity index (χ0) is 10.4. The summed E-state index contributed by atoms with van der Waals surface area (Å²) >= 11 is 1.34. The number of nitrogens with one attached hydrogen (secondary N) is 2. The summed E-state index contributed by atoms with van der Waals surface area (Å²) in [6.45, 7) is 4.55. The van der Waals surface area contributed by atoms with Gasteiger partial charge in [-0.25, -0.2) is 4.98 Å². The van der Waals surface area contributed by atoms with Crippen molar-refractivity contribution in [3.8, 4) is 0 Å². The summed E-state index contributed by atoms with van der Waals surface area (Å²) in [6.07, 6.45) is 0.828. The van der Waals surface area contributed by atoms with Crippen LogP contribution in [0.15, 0.2) is 5.16 Å². The standard InChI is InChI=1S/C8H14N4OS/c1-3-6-10-8(12-11-6)14-5-7(13)9-4-2/h3-5H2,1-2H3,(H,9,13)(H,10,11,12). The zero-order valence-corrected chi connectivity index (χ0v) is 9.15. The van der Waals surface area contributed by atoms with E-state index in [-0.39, 0.29) is 5.91 Å². The summed E-state index contributed by atoms with van der Waals surface area (Å²) in [6, 6.07) is 0. The van der Waals surface area contributed by atoms with E-state index in [2.05, 4.69) is 20.5 Å². The van der Waals surface area contributed by atoms with Gasteiger partial charge < -0.3 is 5.32 Å². The Balaban J connectivity index is 2.34. The number of aromatic amines is 1. The van der Waals surface area contributed by atoms with Crippen LogP contribution in [-0.4, -0.2) is 33.4 Å². The molecule has 0 bridgehead atoms. The van der Waals surface area contributed by atoms with Crippen molar-refractivity contribution in [3.63, 3.8) is 0 Å². The molecule has 0 aliphatic heterocycles. The maximum atomic E-state index is 11.1. The Morgan fingerprint density at radius 3 is 2.93 bits per heavy atom. The van der Waals surface area contributed by atoms with E-state index >= 15 is 0 Å². The van der Waals surface area contributed by atoms with E-state index in [0.717, 1.165) is 12.2 Å². The smallest absolute Gasteiger partial charge is 0.230 e. The average Bonchev–Trinajstić information content (AvgIpc) is 2.63. The maximum Gasteiger partial charge on any atom is 0.230 e. The number of aromatic nitrogens is 3. The van der Waals surface area contributed by atoms with Gasteiger partial charge in [0.15, 0.2) is 0 Å². The summed E-state index contributed by atoms with van der Waals surface area (Å²) in [4.78, 5) is 15.3. The van der Waals surface area contributed by atoms with Crippen molar-refractivity contribution in [1.29, 1.82) is 0 Å². The van der Waals surface area contributed by atoms with Crippen LogP contribution in [0.2, 0.25) is 0 Å². The van der Waals surface area contributed by atoms with E-state index in [4.69, 9.17) is 0 Å². The van der Waals surface area contributed by atoms with Crippen molar-refractivity contribution in [2.45, 2.75) is 25.4 Å². The van der Waals surface area contributed by atoms with Gasteiger partial charge in [-0.15, -0.1) is 5.10 Å². The number of H-pyrrole nitrogens is 1. The first kappa shape index (κ1) is 11.0. The molecule has 1 aromatic rings. The highest BCUT2D eigenvalue weighted by molar-refractivity contribution is 7.99. The molecule has 14 heavy (non-hydrogen) atoms. The number of carbonyl (C=O) groups excluding carboxylic acids is 1. The number of hydrogen-bond donors (Lipinski definition) is 2. The van der Waals surface area contributed by atoms with Crippen molar-refractivity contribution in [2.75, 3.05) is 12.3 Å². The molecule has 1 heterocycles. The van der Waals surface area contributed by atoms with Crippen LogP contribution in [0.3, 0.4) is 0 Å². The Labute approximate surface area is 87.1 Å². The zero-order valence-electron chi connectivity index (χ0n) is 8.33. The van der Waals surface area contributed by atoms with Gasteiger partial charge in [0.2, 0.25) is 11.1 Å². The van der Waals surface area contributed by atoms with Crippen LogP contribution in [-0.2, 0) is 11.2 Å². The molecule has 78 valence electrons. The second-order valence-corrected chi connectivity index (χ2v) is 3.60. The Bertz CT molecular complexity index is 299. The first-order valence-corrected chi connectivity index (χ1v) is 5.55. The van der Waals surface area contributed by atoms with E-state index in [1.165, 1.54) is 11.8 Å². The van der Waals surface area contributed by atoms with Crippen LogP contribution < -0.4 is 5.32 Å². The van der Waals surface area contributed by atoms with Gasteiger partial charge in [-0.2, -0.15) is 0 Å². The molecule has 0 radical (unpaired) electrons. The number of aryl methyl sites for hydroxylation is 1. The third-order valence-electron chi connectivity index (χ3n) is 1.55. The summed E-state index contributed by atoms with van der Waals surface area (Å²) in [5.74, 6) is 1.23. The molecule has 1 rings (SSSR count). The molecule has 1 aromatic heterocycles.